The predicted octanol–water partition coefficient (Wildman–Crippen LogP) is 5.28. The lowest BCUT2D eigenvalue weighted by Crippen LogP contribution is -2.09. The normalized spacial score (nSPS) is 11.0. The van der Waals surface area contributed by atoms with Crippen molar-refractivity contribution >= 4 is 11.0 Å². The van der Waals surface area contributed by atoms with Gasteiger partial charge in [0.05, 0.1) is 5.39 Å². The second kappa shape index (κ2) is 6.93. The van der Waals surface area contributed by atoms with Crippen molar-refractivity contribution in [3.05, 3.63) is 81.3 Å². The van der Waals surface area contributed by atoms with Crippen LogP contribution in [0.5, 0.6) is 11.8 Å². The van der Waals surface area contributed by atoms with Crippen molar-refractivity contribution in [2.45, 2.75) is 27.7 Å². The molecule has 4 aromatic rings. The smallest absolute Gasteiger partial charge is 0.322 e. The lowest BCUT2D eigenvalue weighted by molar-refractivity contribution is 0.421. The molecule has 0 saturated carbocycles. The van der Waals surface area contributed by atoms with Gasteiger partial charge in [0.2, 0.25) is 11.2 Å². The topological polar surface area (TPSA) is 65.2 Å². The SMILES string of the molecule is Cc1cc(C)nc(Oc2c(-c3ccccc3)oc3cc(C)c(C)cc3c2=O)n1. The first-order chi connectivity index (χ1) is 13.4. The van der Waals surface area contributed by atoms with Crippen molar-refractivity contribution in [3.63, 3.8) is 0 Å². The van der Waals surface area contributed by atoms with E-state index in [1.807, 2.05) is 76.2 Å². The van der Waals surface area contributed by atoms with Gasteiger partial charge in [0.25, 0.3) is 0 Å². The predicted molar refractivity (Wildman–Crippen MR) is 109 cm³/mol. The second-order valence-electron chi connectivity index (χ2n) is 6.92. The first-order valence-corrected chi connectivity index (χ1v) is 9.06. The lowest BCUT2D eigenvalue weighted by Gasteiger charge is -2.12. The van der Waals surface area contributed by atoms with Crippen molar-refractivity contribution in [2.75, 3.05) is 0 Å². The maximum atomic E-state index is 13.3. The van der Waals surface area contributed by atoms with Crippen molar-refractivity contribution in [3.8, 4) is 23.1 Å². The van der Waals surface area contributed by atoms with Gasteiger partial charge < -0.3 is 9.15 Å². The molecule has 5 nitrogen and oxygen atoms in total. The highest BCUT2D eigenvalue weighted by Crippen LogP contribution is 2.33. The van der Waals surface area contributed by atoms with E-state index in [0.717, 1.165) is 28.1 Å². The average molecular weight is 372 g/mol. The molecule has 0 saturated heterocycles. The summed E-state index contributed by atoms with van der Waals surface area (Å²) in [5.74, 6) is 0.455. The summed E-state index contributed by atoms with van der Waals surface area (Å²) in [4.78, 5) is 21.9. The quantitative estimate of drug-likeness (QED) is 0.490. The summed E-state index contributed by atoms with van der Waals surface area (Å²) >= 11 is 0. The van der Waals surface area contributed by atoms with Crippen molar-refractivity contribution in [1.29, 1.82) is 0 Å². The van der Waals surface area contributed by atoms with Crippen LogP contribution in [0.4, 0.5) is 0 Å². The fourth-order valence-corrected chi connectivity index (χ4v) is 3.14. The number of benzene rings is 2. The highest BCUT2D eigenvalue weighted by molar-refractivity contribution is 5.83. The Morgan fingerprint density at radius 1 is 0.857 bits per heavy atom. The Morgan fingerprint density at radius 3 is 2.18 bits per heavy atom. The summed E-state index contributed by atoms with van der Waals surface area (Å²) in [5.41, 5.74) is 4.63. The molecule has 0 atom stereocenters. The molecule has 0 radical (unpaired) electrons. The van der Waals surface area contributed by atoms with E-state index in [9.17, 15) is 4.79 Å². The molecule has 4 rings (SSSR count). The van der Waals surface area contributed by atoms with Crippen LogP contribution >= 0.6 is 0 Å². The zero-order chi connectivity index (χ0) is 19.8. The number of hydrogen-bond donors (Lipinski definition) is 0. The monoisotopic (exact) mass is 372 g/mol. The number of ether oxygens (including phenoxy) is 1. The number of aromatic nitrogens is 2. The largest absolute Gasteiger partial charge is 0.452 e. The standard InChI is InChI=1S/C23H20N2O3/c1-13-10-18-19(11-14(13)2)27-21(17-8-6-5-7-9-17)22(20(18)26)28-23-24-15(3)12-16(4)25-23/h5-12H,1-4H3. The highest BCUT2D eigenvalue weighted by atomic mass is 16.5. The minimum Gasteiger partial charge on any atom is -0.452 e. The van der Waals surface area contributed by atoms with Crippen LogP contribution in [0.25, 0.3) is 22.3 Å². The summed E-state index contributed by atoms with van der Waals surface area (Å²) in [7, 11) is 0. The van der Waals surface area contributed by atoms with Gasteiger partial charge in [0, 0.05) is 17.0 Å². The van der Waals surface area contributed by atoms with Crippen LogP contribution in [0, 0.1) is 27.7 Å². The van der Waals surface area contributed by atoms with E-state index < -0.39 is 0 Å². The summed E-state index contributed by atoms with van der Waals surface area (Å²) < 4.78 is 12.1. The van der Waals surface area contributed by atoms with Gasteiger partial charge in [-0.2, -0.15) is 0 Å². The molecular weight excluding hydrogens is 352 g/mol. The molecule has 0 spiro atoms. The third kappa shape index (κ3) is 3.27. The van der Waals surface area contributed by atoms with Crippen molar-refractivity contribution in [2.24, 2.45) is 0 Å². The highest BCUT2D eigenvalue weighted by Gasteiger charge is 2.20. The number of rotatable bonds is 3. The van der Waals surface area contributed by atoms with Crippen LogP contribution in [0.3, 0.4) is 0 Å². The Balaban J connectivity index is 2.00. The Bertz CT molecular complexity index is 1220. The number of fused-ring (bicyclic) bond motifs is 1. The molecule has 5 heteroatoms. The van der Waals surface area contributed by atoms with Crippen LogP contribution in [0.1, 0.15) is 22.5 Å². The van der Waals surface area contributed by atoms with E-state index in [0.29, 0.717) is 16.7 Å². The van der Waals surface area contributed by atoms with Gasteiger partial charge in [-0.05, 0) is 57.0 Å². The molecule has 140 valence electrons. The van der Waals surface area contributed by atoms with Crippen LogP contribution in [0.2, 0.25) is 0 Å². The Kier molecular flexibility index (Phi) is 4.43. The number of nitrogens with zero attached hydrogens (tertiary/aromatic N) is 2. The van der Waals surface area contributed by atoms with E-state index in [2.05, 4.69) is 9.97 Å². The van der Waals surface area contributed by atoms with E-state index >= 15 is 0 Å². The zero-order valence-electron chi connectivity index (χ0n) is 16.2. The maximum absolute atomic E-state index is 13.3. The molecule has 0 bridgehead atoms. The number of hydrogen-bond acceptors (Lipinski definition) is 5. The van der Waals surface area contributed by atoms with Crippen LogP contribution in [-0.4, -0.2) is 9.97 Å². The third-order valence-corrected chi connectivity index (χ3v) is 4.66. The van der Waals surface area contributed by atoms with Crippen LogP contribution in [-0.2, 0) is 0 Å². The van der Waals surface area contributed by atoms with Gasteiger partial charge in [-0.1, -0.05) is 30.3 Å². The average Bonchev–Trinajstić information content (AvgIpc) is 2.65. The molecule has 0 N–H and O–H groups in total. The summed E-state index contributed by atoms with van der Waals surface area (Å²) in [6.07, 6.45) is 0. The van der Waals surface area contributed by atoms with Crippen LogP contribution < -0.4 is 10.2 Å². The third-order valence-electron chi connectivity index (χ3n) is 4.66. The first-order valence-electron chi connectivity index (χ1n) is 9.06. The van der Waals surface area contributed by atoms with E-state index in [4.69, 9.17) is 9.15 Å². The maximum Gasteiger partial charge on any atom is 0.322 e. The van der Waals surface area contributed by atoms with Crippen molar-refractivity contribution in [1.82, 2.24) is 9.97 Å². The Labute approximate surface area is 162 Å². The lowest BCUT2D eigenvalue weighted by atomic mass is 10.0. The Hall–Kier alpha value is -3.47. The molecule has 2 aromatic carbocycles. The molecular formula is C23H20N2O3. The minimum absolute atomic E-state index is 0.0898. The van der Waals surface area contributed by atoms with E-state index in [1.54, 1.807) is 0 Å². The van der Waals surface area contributed by atoms with Gasteiger partial charge in [0.1, 0.15) is 5.58 Å². The van der Waals surface area contributed by atoms with Gasteiger partial charge >= 0.3 is 6.01 Å². The molecule has 0 aliphatic heterocycles. The van der Waals surface area contributed by atoms with Gasteiger partial charge in [-0.25, -0.2) is 9.97 Å². The minimum atomic E-state index is -0.244. The first kappa shape index (κ1) is 17.9. The summed E-state index contributed by atoms with van der Waals surface area (Å²) in [5, 5.41) is 0.474. The van der Waals surface area contributed by atoms with Gasteiger partial charge in [-0.15, -0.1) is 0 Å². The molecule has 0 unspecified atom stereocenters. The molecule has 0 amide bonds. The molecule has 2 aromatic heterocycles. The Morgan fingerprint density at radius 2 is 1.50 bits per heavy atom. The van der Waals surface area contributed by atoms with E-state index in [1.165, 1.54) is 0 Å². The summed E-state index contributed by atoms with van der Waals surface area (Å²) in [6, 6.07) is 15.1. The zero-order valence-corrected chi connectivity index (χ0v) is 16.2. The van der Waals surface area contributed by atoms with Gasteiger partial charge in [0.15, 0.2) is 5.76 Å². The summed E-state index contributed by atoms with van der Waals surface area (Å²) in [6.45, 7) is 7.67. The fourth-order valence-electron chi connectivity index (χ4n) is 3.14. The molecule has 0 fully saturated rings. The molecule has 28 heavy (non-hydrogen) atoms. The molecule has 2 heterocycles. The van der Waals surface area contributed by atoms with E-state index in [-0.39, 0.29) is 17.2 Å². The molecule has 0 aliphatic carbocycles. The molecule has 0 aliphatic rings. The number of aryl methyl sites for hydroxylation is 4. The van der Waals surface area contributed by atoms with Crippen LogP contribution in [0.15, 0.2) is 57.7 Å². The second-order valence-corrected chi connectivity index (χ2v) is 6.92. The fraction of sp³-hybridized carbons (Fsp3) is 0.174. The van der Waals surface area contributed by atoms with Gasteiger partial charge in [-0.3, -0.25) is 4.79 Å². The van der Waals surface area contributed by atoms with Crippen molar-refractivity contribution < 1.29 is 9.15 Å².